The van der Waals surface area contributed by atoms with Crippen molar-refractivity contribution >= 4 is 5.96 Å². The van der Waals surface area contributed by atoms with Gasteiger partial charge in [0.2, 0.25) is 0 Å². The van der Waals surface area contributed by atoms with Gasteiger partial charge in [-0.05, 0) is 24.6 Å². The summed E-state index contributed by atoms with van der Waals surface area (Å²) in [6.45, 7) is 2.66. The molecule has 2 rings (SSSR count). The minimum absolute atomic E-state index is 0.299. The molecule has 5 nitrogen and oxygen atoms in total. The Balaban J connectivity index is 2.07. The van der Waals surface area contributed by atoms with Gasteiger partial charge in [0.05, 0.1) is 12.2 Å². The van der Waals surface area contributed by atoms with Crippen molar-refractivity contribution in [1.29, 1.82) is 0 Å². The molecule has 0 aliphatic carbocycles. The fourth-order valence-corrected chi connectivity index (χ4v) is 2.03. The van der Waals surface area contributed by atoms with Crippen LogP contribution in [-0.4, -0.2) is 29.1 Å². The number of benzene rings is 1. The molecule has 0 saturated heterocycles. The molecule has 0 aliphatic heterocycles. The van der Waals surface area contributed by atoms with Crippen LogP contribution in [0.1, 0.15) is 11.4 Å². The van der Waals surface area contributed by atoms with E-state index in [2.05, 4.69) is 26.5 Å². The van der Waals surface area contributed by atoms with Gasteiger partial charge in [-0.2, -0.15) is 0 Å². The zero-order chi connectivity index (χ0) is 15.9. The van der Waals surface area contributed by atoms with E-state index in [1.165, 1.54) is 6.07 Å². The van der Waals surface area contributed by atoms with Gasteiger partial charge in [-0.1, -0.05) is 12.0 Å². The largest absolute Gasteiger partial charge is 0.352 e. The molecule has 0 amide bonds. The maximum atomic E-state index is 14.3. The monoisotopic (exact) mass is 299 g/mol. The number of aromatic nitrogens is 2. The first-order valence-electron chi connectivity index (χ1n) is 6.82. The predicted molar refractivity (Wildman–Crippen MR) is 85.3 cm³/mol. The van der Waals surface area contributed by atoms with Crippen LogP contribution in [0.5, 0.6) is 0 Å². The highest BCUT2D eigenvalue weighted by atomic mass is 19.1. The molecule has 0 fully saturated rings. The number of rotatable bonds is 4. The standard InChI is InChI=1S/C16H18FN5/c1-4-7-20-16(18-3)21-11-13-5-6-15(14(17)10-13)22-9-8-19-12(22)2/h1,5-6,8-10H,7,11H2,2-3H3,(H2,18,20,21). The molecule has 0 aliphatic rings. The summed E-state index contributed by atoms with van der Waals surface area (Å²) >= 11 is 0. The molecule has 1 aromatic heterocycles. The van der Waals surface area contributed by atoms with Crippen LogP contribution in [-0.2, 0) is 6.54 Å². The fourth-order valence-electron chi connectivity index (χ4n) is 2.03. The van der Waals surface area contributed by atoms with Crippen LogP contribution in [0.2, 0.25) is 0 Å². The van der Waals surface area contributed by atoms with Crippen LogP contribution in [0.15, 0.2) is 35.6 Å². The smallest absolute Gasteiger partial charge is 0.192 e. The second-order valence-electron chi connectivity index (χ2n) is 4.61. The van der Waals surface area contributed by atoms with Gasteiger partial charge >= 0.3 is 0 Å². The van der Waals surface area contributed by atoms with Crippen molar-refractivity contribution in [3.05, 3.63) is 47.8 Å². The highest BCUT2D eigenvalue weighted by Gasteiger charge is 2.08. The van der Waals surface area contributed by atoms with Crippen LogP contribution in [0, 0.1) is 25.1 Å². The number of hydrogen-bond acceptors (Lipinski definition) is 2. The average Bonchev–Trinajstić information content (AvgIpc) is 2.93. The quantitative estimate of drug-likeness (QED) is 0.512. The Bertz CT molecular complexity index is 712. The third-order valence-corrected chi connectivity index (χ3v) is 3.14. The number of guanidine groups is 1. The number of nitrogens with zero attached hydrogens (tertiary/aromatic N) is 3. The van der Waals surface area contributed by atoms with Crippen molar-refractivity contribution in [2.75, 3.05) is 13.6 Å². The van der Waals surface area contributed by atoms with Gasteiger partial charge < -0.3 is 15.2 Å². The maximum Gasteiger partial charge on any atom is 0.192 e. The number of aliphatic imine (C=N–C) groups is 1. The van der Waals surface area contributed by atoms with E-state index in [4.69, 9.17) is 6.42 Å². The number of nitrogens with one attached hydrogen (secondary N) is 2. The van der Waals surface area contributed by atoms with E-state index in [0.29, 0.717) is 24.7 Å². The molecule has 1 heterocycles. The Kier molecular flexibility index (Phi) is 5.15. The maximum absolute atomic E-state index is 14.3. The number of terminal acetylenes is 1. The first-order chi connectivity index (χ1) is 10.7. The van der Waals surface area contributed by atoms with Crippen LogP contribution >= 0.6 is 0 Å². The summed E-state index contributed by atoms with van der Waals surface area (Å²) < 4.78 is 16.0. The number of hydrogen-bond donors (Lipinski definition) is 2. The fraction of sp³-hybridized carbons (Fsp3) is 0.250. The Morgan fingerprint density at radius 1 is 1.45 bits per heavy atom. The van der Waals surface area contributed by atoms with E-state index < -0.39 is 0 Å². The van der Waals surface area contributed by atoms with Gasteiger partial charge in [0.15, 0.2) is 5.96 Å². The molecule has 0 atom stereocenters. The summed E-state index contributed by atoms with van der Waals surface area (Å²) in [6, 6.07) is 5.09. The van der Waals surface area contributed by atoms with E-state index in [9.17, 15) is 4.39 Å². The van der Waals surface area contributed by atoms with E-state index >= 15 is 0 Å². The highest BCUT2D eigenvalue weighted by Crippen LogP contribution is 2.16. The topological polar surface area (TPSA) is 54.2 Å². The molecule has 22 heavy (non-hydrogen) atoms. The second-order valence-corrected chi connectivity index (χ2v) is 4.61. The summed E-state index contributed by atoms with van der Waals surface area (Å²) in [5.74, 6) is 3.48. The summed E-state index contributed by atoms with van der Waals surface area (Å²) in [7, 11) is 1.65. The lowest BCUT2D eigenvalue weighted by atomic mass is 10.2. The predicted octanol–water partition coefficient (Wildman–Crippen LogP) is 1.62. The second kappa shape index (κ2) is 7.27. The lowest BCUT2D eigenvalue weighted by Crippen LogP contribution is -2.36. The van der Waals surface area contributed by atoms with Crippen LogP contribution in [0.4, 0.5) is 4.39 Å². The number of imidazole rings is 1. The Labute approximate surface area is 129 Å². The number of halogens is 1. The molecule has 1 aromatic carbocycles. The molecular weight excluding hydrogens is 281 g/mol. The summed E-state index contributed by atoms with van der Waals surface area (Å²) in [4.78, 5) is 8.13. The van der Waals surface area contributed by atoms with Crippen molar-refractivity contribution in [2.45, 2.75) is 13.5 Å². The van der Waals surface area contributed by atoms with Crippen LogP contribution in [0.25, 0.3) is 5.69 Å². The Hall–Kier alpha value is -2.81. The van der Waals surface area contributed by atoms with Crippen molar-refractivity contribution in [2.24, 2.45) is 4.99 Å². The van der Waals surface area contributed by atoms with Gasteiger partial charge in [-0.3, -0.25) is 4.99 Å². The average molecular weight is 299 g/mol. The van der Waals surface area contributed by atoms with Gasteiger partial charge in [0.25, 0.3) is 0 Å². The van der Waals surface area contributed by atoms with Crippen LogP contribution in [0.3, 0.4) is 0 Å². The van der Waals surface area contributed by atoms with Crippen molar-refractivity contribution in [3.8, 4) is 18.0 Å². The molecule has 0 spiro atoms. The molecule has 0 unspecified atom stereocenters. The van der Waals surface area contributed by atoms with Gasteiger partial charge in [0, 0.05) is 26.0 Å². The zero-order valence-electron chi connectivity index (χ0n) is 12.6. The van der Waals surface area contributed by atoms with Crippen molar-refractivity contribution in [1.82, 2.24) is 20.2 Å². The first kappa shape index (κ1) is 15.6. The molecule has 114 valence electrons. The lowest BCUT2D eigenvalue weighted by Gasteiger charge is -2.11. The van der Waals surface area contributed by atoms with E-state index in [0.717, 1.165) is 11.4 Å². The van der Waals surface area contributed by atoms with Crippen molar-refractivity contribution < 1.29 is 4.39 Å². The first-order valence-corrected chi connectivity index (χ1v) is 6.82. The third kappa shape index (κ3) is 3.64. The molecule has 2 aromatic rings. The van der Waals surface area contributed by atoms with E-state index in [1.807, 2.05) is 13.0 Å². The minimum atomic E-state index is -0.299. The number of aryl methyl sites for hydroxylation is 1. The molecule has 0 bridgehead atoms. The normalized spacial score (nSPS) is 11.1. The Morgan fingerprint density at radius 3 is 2.86 bits per heavy atom. The zero-order valence-corrected chi connectivity index (χ0v) is 12.6. The molecule has 2 N–H and O–H groups in total. The lowest BCUT2D eigenvalue weighted by molar-refractivity contribution is 0.613. The van der Waals surface area contributed by atoms with E-state index in [1.54, 1.807) is 30.1 Å². The Morgan fingerprint density at radius 2 is 2.27 bits per heavy atom. The van der Waals surface area contributed by atoms with E-state index in [-0.39, 0.29) is 5.82 Å². The summed E-state index contributed by atoms with van der Waals surface area (Å²) in [5.41, 5.74) is 1.29. The van der Waals surface area contributed by atoms with Gasteiger partial charge in [-0.15, -0.1) is 6.42 Å². The third-order valence-electron chi connectivity index (χ3n) is 3.14. The molecule has 0 radical (unpaired) electrons. The minimum Gasteiger partial charge on any atom is -0.352 e. The molecule has 0 saturated carbocycles. The SMILES string of the molecule is C#CCNC(=NC)NCc1ccc(-n2ccnc2C)c(F)c1. The van der Waals surface area contributed by atoms with Crippen LogP contribution < -0.4 is 10.6 Å². The van der Waals surface area contributed by atoms with Gasteiger partial charge in [-0.25, -0.2) is 9.37 Å². The molecular formula is C16H18FN5. The summed E-state index contributed by atoms with van der Waals surface area (Å²) in [6.07, 6.45) is 8.56. The van der Waals surface area contributed by atoms with Crippen molar-refractivity contribution in [3.63, 3.8) is 0 Å². The molecule has 6 heteroatoms. The highest BCUT2D eigenvalue weighted by molar-refractivity contribution is 5.79. The summed E-state index contributed by atoms with van der Waals surface area (Å²) in [5, 5.41) is 6.01. The van der Waals surface area contributed by atoms with Gasteiger partial charge in [0.1, 0.15) is 11.6 Å².